The summed E-state index contributed by atoms with van der Waals surface area (Å²) < 4.78 is 10.5. The van der Waals surface area contributed by atoms with Crippen molar-refractivity contribution < 1.29 is 9.47 Å². The molecule has 0 saturated carbocycles. The van der Waals surface area contributed by atoms with Gasteiger partial charge in [-0.1, -0.05) is 6.58 Å². The third-order valence-electron chi connectivity index (χ3n) is 1.91. The molecule has 0 atom stereocenters. The highest BCUT2D eigenvalue weighted by atomic mass is 32.1. The van der Waals surface area contributed by atoms with Gasteiger partial charge in [-0.3, -0.25) is 0 Å². The molecule has 16 heavy (non-hydrogen) atoms. The van der Waals surface area contributed by atoms with Gasteiger partial charge < -0.3 is 9.47 Å². The van der Waals surface area contributed by atoms with Crippen LogP contribution < -0.4 is 9.47 Å². The highest BCUT2D eigenvalue weighted by Gasteiger charge is 2.02. The largest absolute Gasteiger partial charge is 0.497 e. The molecule has 1 rings (SSSR count). The minimum Gasteiger partial charge on any atom is -0.497 e. The van der Waals surface area contributed by atoms with Gasteiger partial charge in [-0.15, -0.1) is 0 Å². The molecular formula is C12H13NO2S. The Kier molecular flexibility index (Phi) is 4.74. The highest BCUT2D eigenvalue weighted by Crippen LogP contribution is 2.22. The zero-order valence-corrected chi connectivity index (χ0v) is 9.96. The molecule has 0 aliphatic carbocycles. The second kappa shape index (κ2) is 6.09. The molecule has 0 aliphatic heterocycles. The number of benzene rings is 1. The van der Waals surface area contributed by atoms with Gasteiger partial charge in [-0.2, -0.15) is 17.9 Å². The average Bonchev–Trinajstić information content (AvgIpc) is 2.35. The van der Waals surface area contributed by atoms with Gasteiger partial charge in [0.25, 0.3) is 0 Å². The van der Waals surface area contributed by atoms with E-state index in [1.807, 2.05) is 6.07 Å². The lowest BCUT2D eigenvalue weighted by molar-refractivity contribution is 0.348. The smallest absolute Gasteiger partial charge is 0.124 e. The van der Waals surface area contributed by atoms with Gasteiger partial charge in [0.15, 0.2) is 0 Å². The molecular weight excluding hydrogens is 222 g/mol. The summed E-state index contributed by atoms with van der Waals surface area (Å²) in [5, 5.41) is 8.81. The number of ether oxygens (including phenoxy) is 2. The highest BCUT2D eigenvalue weighted by molar-refractivity contribution is 7.80. The molecule has 0 N–H and O–H groups in total. The molecule has 4 heteroatoms. The molecule has 0 spiro atoms. The van der Waals surface area contributed by atoms with Crippen molar-refractivity contribution >= 4 is 12.6 Å². The lowest BCUT2D eigenvalue weighted by Crippen LogP contribution is -2.01. The summed E-state index contributed by atoms with van der Waals surface area (Å²) in [6.07, 6.45) is 0. The van der Waals surface area contributed by atoms with E-state index in [0.717, 1.165) is 5.57 Å². The predicted molar refractivity (Wildman–Crippen MR) is 66.2 cm³/mol. The molecule has 0 bridgehead atoms. The zero-order chi connectivity index (χ0) is 12.0. The van der Waals surface area contributed by atoms with Crippen LogP contribution in [0, 0.1) is 11.3 Å². The van der Waals surface area contributed by atoms with Gasteiger partial charge in [0.05, 0.1) is 18.7 Å². The van der Waals surface area contributed by atoms with Crippen LogP contribution in [-0.4, -0.2) is 19.5 Å². The molecule has 0 radical (unpaired) electrons. The van der Waals surface area contributed by atoms with Gasteiger partial charge in [0.1, 0.15) is 18.1 Å². The zero-order valence-electron chi connectivity index (χ0n) is 9.06. The molecule has 0 aliphatic rings. The van der Waals surface area contributed by atoms with Crippen molar-refractivity contribution in [2.24, 2.45) is 0 Å². The number of methoxy groups -OCH3 is 1. The molecule has 0 fully saturated rings. The summed E-state index contributed by atoms with van der Waals surface area (Å²) in [5.41, 5.74) is 1.38. The van der Waals surface area contributed by atoms with E-state index in [4.69, 9.17) is 14.7 Å². The number of hydrogen-bond donors (Lipinski definition) is 1. The van der Waals surface area contributed by atoms with Crippen LogP contribution in [0.4, 0.5) is 0 Å². The fraction of sp³-hybridized carbons (Fsp3) is 0.250. The molecule has 1 aromatic rings. The van der Waals surface area contributed by atoms with E-state index in [-0.39, 0.29) is 0 Å². The SMILES string of the molecule is C=C(CS)COc1cc(C#N)cc(OC)c1. The Bertz CT molecular complexity index is 424. The van der Waals surface area contributed by atoms with E-state index in [1.165, 1.54) is 0 Å². The van der Waals surface area contributed by atoms with Gasteiger partial charge >= 0.3 is 0 Å². The van der Waals surface area contributed by atoms with E-state index >= 15 is 0 Å². The first-order valence-electron chi connectivity index (χ1n) is 4.69. The summed E-state index contributed by atoms with van der Waals surface area (Å²) >= 11 is 4.08. The third kappa shape index (κ3) is 3.52. The molecule has 0 saturated heterocycles. The second-order valence-electron chi connectivity index (χ2n) is 3.21. The summed E-state index contributed by atoms with van der Waals surface area (Å²) in [5.74, 6) is 1.78. The molecule has 0 unspecified atom stereocenters. The standard InChI is InChI=1S/C12H13NO2S/c1-9(8-16)7-15-12-4-10(6-13)3-11(5-12)14-2/h3-5,16H,1,7-8H2,2H3. The minimum absolute atomic E-state index is 0.390. The number of rotatable bonds is 5. The minimum atomic E-state index is 0.390. The normalized spacial score (nSPS) is 9.31. The van der Waals surface area contributed by atoms with Crippen molar-refractivity contribution in [3.05, 3.63) is 35.9 Å². The lowest BCUT2D eigenvalue weighted by atomic mass is 10.2. The van der Waals surface area contributed by atoms with E-state index < -0.39 is 0 Å². The van der Waals surface area contributed by atoms with Crippen LogP contribution in [0.3, 0.4) is 0 Å². The van der Waals surface area contributed by atoms with E-state index in [1.54, 1.807) is 25.3 Å². The maximum Gasteiger partial charge on any atom is 0.124 e. The molecule has 84 valence electrons. The summed E-state index contributed by atoms with van der Waals surface area (Å²) in [4.78, 5) is 0. The topological polar surface area (TPSA) is 42.2 Å². The van der Waals surface area contributed by atoms with Crippen LogP contribution in [0.15, 0.2) is 30.4 Å². The van der Waals surface area contributed by atoms with E-state index in [0.29, 0.717) is 29.4 Å². The number of nitriles is 1. The van der Waals surface area contributed by atoms with E-state index in [9.17, 15) is 0 Å². The van der Waals surface area contributed by atoms with Gasteiger partial charge in [-0.05, 0) is 17.7 Å². The first kappa shape index (κ1) is 12.5. The second-order valence-corrected chi connectivity index (χ2v) is 3.52. The van der Waals surface area contributed by atoms with Crippen LogP contribution >= 0.6 is 12.6 Å². The van der Waals surface area contributed by atoms with Crippen molar-refractivity contribution in [2.45, 2.75) is 0 Å². The molecule has 1 aromatic carbocycles. The summed E-state index contributed by atoms with van der Waals surface area (Å²) in [7, 11) is 1.55. The Balaban J connectivity index is 2.80. The lowest BCUT2D eigenvalue weighted by Gasteiger charge is -2.08. The Morgan fingerprint density at radius 1 is 1.44 bits per heavy atom. The first-order chi connectivity index (χ1) is 7.69. The first-order valence-corrected chi connectivity index (χ1v) is 5.32. The van der Waals surface area contributed by atoms with Crippen molar-refractivity contribution in [3.63, 3.8) is 0 Å². The number of hydrogen-bond acceptors (Lipinski definition) is 4. The van der Waals surface area contributed by atoms with Crippen LogP contribution in [0.2, 0.25) is 0 Å². The Morgan fingerprint density at radius 2 is 2.12 bits per heavy atom. The molecule has 0 heterocycles. The molecule has 3 nitrogen and oxygen atoms in total. The van der Waals surface area contributed by atoms with Gasteiger partial charge in [0, 0.05) is 11.8 Å². The quantitative estimate of drug-likeness (QED) is 0.629. The van der Waals surface area contributed by atoms with Crippen LogP contribution in [-0.2, 0) is 0 Å². The number of nitrogens with zero attached hydrogens (tertiary/aromatic N) is 1. The summed E-state index contributed by atoms with van der Waals surface area (Å²) in [6.45, 7) is 4.17. The average molecular weight is 235 g/mol. The molecule has 0 aromatic heterocycles. The Hall–Kier alpha value is -1.60. The van der Waals surface area contributed by atoms with Crippen molar-refractivity contribution in [3.8, 4) is 17.6 Å². The van der Waals surface area contributed by atoms with Gasteiger partial charge in [0.2, 0.25) is 0 Å². The van der Waals surface area contributed by atoms with E-state index in [2.05, 4.69) is 19.2 Å². The fourth-order valence-electron chi connectivity index (χ4n) is 1.07. The van der Waals surface area contributed by atoms with Crippen molar-refractivity contribution in [1.82, 2.24) is 0 Å². The Labute approximate surface area is 101 Å². The summed E-state index contributed by atoms with van der Waals surface area (Å²) in [6, 6.07) is 7.09. The van der Waals surface area contributed by atoms with Crippen molar-refractivity contribution in [1.29, 1.82) is 5.26 Å². The Morgan fingerprint density at radius 3 is 2.69 bits per heavy atom. The predicted octanol–water partition coefficient (Wildman–Crippen LogP) is 2.43. The van der Waals surface area contributed by atoms with Crippen LogP contribution in [0.5, 0.6) is 11.5 Å². The molecule has 0 amide bonds. The third-order valence-corrected chi connectivity index (χ3v) is 2.36. The number of thiol groups is 1. The van der Waals surface area contributed by atoms with Crippen molar-refractivity contribution in [2.75, 3.05) is 19.5 Å². The fourth-order valence-corrected chi connectivity index (χ4v) is 1.16. The monoisotopic (exact) mass is 235 g/mol. The maximum absolute atomic E-state index is 8.81. The maximum atomic E-state index is 8.81. The van der Waals surface area contributed by atoms with Crippen LogP contribution in [0.25, 0.3) is 0 Å². The van der Waals surface area contributed by atoms with Gasteiger partial charge in [-0.25, -0.2) is 0 Å². The van der Waals surface area contributed by atoms with Crippen LogP contribution in [0.1, 0.15) is 5.56 Å².